The van der Waals surface area contributed by atoms with Crippen LogP contribution in [0.1, 0.15) is 34.3 Å². The normalized spacial score (nSPS) is 14.1. The van der Waals surface area contributed by atoms with Crippen LogP contribution >= 0.6 is 11.6 Å². The maximum atomic E-state index is 12.2. The van der Waals surface area contributed by atoms with Gasteiger partial charge in [-0.15, -0.1) is 0 Å². The van der Waals surface area contributed by atoms with Gasteiger partial charge in [0.25, 0.3) is 0 Å². The highest BCUT2D eigenvalue weighted by Gasteiger charge is 2.20. The van der Waals surface area contributed by atoms with Crippen LogP contribution in [0.2, 0.25) is 5.02 Å². The van der Waals surface area contributed by atoms with Crippen LogP contribution in [0.5, 0.6) is 5.75 Å². The highest BCUT2D eigenvalue weighted by Crippen LogP contribution is 2.26. The van der Waals surface area contributed by atoms with Crippen LogP contribution in [0.3, 0.4) is 0 Å². The van der Waals surface area contributed by atoms with Crippen LogP contribution in [0, 0.1) is 6.92 Å². The highest BCUT2D eigenvalue weighted by molar-refractivity contribution is 6.32. The van der Waals surface area contributed by atoms with Gasteiger partial charge in [-0.3, -0.25) is 4.79 Å². The lowest BCUT2D eigenvalue weighted by atomic mass is 10.1. The molecule has 4 nitrogen and oxygen atoms in total. The van der Waals surface area contributed by atoms with Crippen molar-refractivity contribution in [2.45, 2.75) is 26.3 Å². The van der Waals surface area contributed by atoms with Crippen LogP contribution in [-0.2, 0) is 11.3 Å². The van der Waals surface area contributed by atoms with Crippen LogP contribution in [0.25, 0.3) is 0 Å². The first-order valence-electron chi connectivity index (χ1n) is 7.88. The van der Waals surface area contributed by atoms with E-state index in [9.17, 15) is 9.59 Å². The van der Waals surface area contributed by atoms with Gasteiger partial charge < -0.3 is 9.64 Å². The standard InChI is InChI=1S/C19H18ClNO3/c1-13-4-9-16(20)17(11-13)24-19(23)15-7-5-14(6-8-15)12-21-10-2-3-18(21)22/h4-9,11H,2-3,10,12H2,1H3. The van der Waals surface area contributed by atoms with Crippen LogP contribution in [0.4, 0.5) is 0 Å². The van der Waals surface area contributed by atoms with Crippen LogP contribution < -0.4 is 4.74 Å². The second kappa shape index (κ2) is 7.05. The maximum Gasteiger partial charge on any atom is 0.343 e. The number of esters is 1. The van der Waals surface area contributed by atoms with Gasteiger partial charge in [-0.1, -0.05) is 29.8 Å². The zero-order valence-corrected chi connectivity index (χ0v) is 14.2. The number of ether oxygens (including phenoxy) is 1. The minimum absolute atomic E-state index is 0.188. The van der Waals surface area contributed by atoms with Crippen molar-refractivity contribution in [2.24, 2.45) is 0 Å². The summed E-state index contributed by atoms with van der Waals surface area (Å²) in [6, 6.07) is 12.4. The molecule has 1 amide bonds. The summed E-state index contributed by atoms with van der Waals surface area (Å²) in [5.41, 5.74) is 2.41. The van der Waals surface area contributed by atoms with Crippen molar-refractivity contribution in [3.05, 3.63) is 64.2 Å². The first kappa shape index (κ1) is 16.5. The number of benzene rings is 2. The number of nitrogens with zero attached hydrogens (tertiary/aromatic N) is 1. The summed E-state index contributed by atoms with van der Waals surface area (Å²) in [6.45, 7) is 3.29. The van der Waals surface area contributed by atoms with Gasteiger partial charge in [0.1, 0.15) is 5.75 Å². The Bertz CT molecular complexity index is 771. The zero-order chi connectivity index (χ0) is 17.1. The Morgan fingerprint density at radius 1 is 1.21 bits per heavy atom. The fourth-order valence-electron chi connectivity index (χ4n) is 2.69. The quantitative estimate of drug-likeness (QED) is 0.623. The molecule has 5 heteroatoms. The predicted molar refractivity (Wildman–Crippen MR) is 92.2 cm³/mol. The van der Waals surface area contributed by atoms with Gasteiger partial charge >= 0.3 is 5.97 Å². The first-order chi connectivity index (χ1) is 11.5. The third kappa shape index (κ3) is 3.77. The molecule has 24 heavy (non-hydrogen) atoms. The fraction of sp³-hybridized carbons (Fsp3) is 0.263. The Kier molecular flexibility index (Phi) is 4.86. The first-order valence-corrected chi connectivity index (χ1v) is 8.26. The second-order valence-corrected chi connectivity index (χ2v) is 6.35. The Labute approximate surface area is 146 Å². The third-order valence-corrected chi connectivity index (χ3v) is 4.34. The van der Waals surface area contributed by atoms with Gasteiger partial charge in [-0.05, 0) is 48.7 Å². The Hall–Kier alpha value is -2.33. The van der Waals surface area contributed by atoms with Gasteiger partial charge in [0.05, 0.1) is 10.6 Å². The molecule has 0 unspecified atom stereocenters. The minimum atomic E-state index is -0.453. The summed E-state index contributed by atoms with van der Waals surface area (Å²) >= 11 is 6.05. The van der Waals surface area contributed by atoms with Crippen molar-refractivity contribution in [2.75, 3.05) is 6.54 Å². The summed E-state index contributed by atoms with van der Waals surface area (Å²) in [5.74, 6) is 0.0901. The number of hydrogen-bond donors (Lipinski definition) is 0. The lowest BCUT2D eigenvalue weighted by Crippen LogP contribution is -2.23. The highest BCUT2D eigenvalue weighted by atomic mass is 35.5. The van der Waals surface area contributed by atoms with Crippen molar-refractivity contribution in [1.82, 2.24) is 4.90 Å². The van der Waals surface area contributed by atoms with Crippen molar-refractivity contribution in [3.63, 3.8) is 0 Å². The lowest BCUT2D eigenvalue weighted by molar-refractivity contribution is -0.128. The molecule has 0 atom stereocenters. The number of carbonyl (C=O) groups is 2. The number of hydrogen-bond acceptors (Lipinski definition) is 3. The minimum Gasteiger partial charge on any atom is -0.421 e. The summed E-state index contributed by atoms with van der Waals surface area (Å²) in [4.78, 5) is 25.7. The van der Waals surface area contributed by atoms with Gasteiger partial charge in [0.2, 0.25) is 5.91 Å². The number of amides is 1. The summed E-state index contributed by atoms with van der Waals surface area (Å²) in [5, 5.41) is 0.401. The molecule has 1 saturated heterocycles. The van der Waals surface area contributed by atoms with E-state index in [1.807, 2.05) is 30.0 Å². The number of aryl methyl sites for hydroxylation is 1. The van der Waals surface area contributed by atoms with Gasteiger partial charge in [0.15, 0.2) is 0 Å². The summed E-state index contributed by atoms with van der Waals surface area (Å²) < 4.78 is 5.37. The molecule has 0 radical (unpaired) electrons. The Morgan fingerprint density at radius 3 is 2.62 bits per heavy atom. The molecule has 0 aromatic heterocycles. The molecular formula is C19H18ClNO3. The van der Waals surface area contributed by atoms with E-state index in [2.05, 4.69) is 0 Å². The van der Waals surface area contributed by atoms with Gasteiger partial charge in [-0.2, -0.15) is 0 Å². The average molecular weight is 344 g/mol. The molecule has 0 bridgehead atoms. The van der Waals surface area contributed by atoms with E-state index in [1.54, 1.807) is 24.3 Å². The maximum absolute atomic E-state index is 12.2. The van der Waals surface area contributed by atoms with E-state index in [0.717, 1.165) is 24.1 Å². The number of carbonyl (C=O) groups excluding carboxylic acids is 2. The van der Waals surface area contributed by atoms with Crippen molar-refractivity contribution < 1.29 is 14.3 Å². The molecule has 1 aliphatic heterocycles. The van der Waals surface area contributed by atoms with E-state index in [4.69, 9.17) is 16.3 Å². The van der Waals surface area contributed by atoms with Crippen LogP contribution in [0.15, 0.2) is 42.5 Å². The molecule has 1 fully saturated rings. The molecule has 0 aliphatic carbocycles. The summed E-state index contributed by atoms with van der Waals surface area (Å²) in [7, 11) is 0. The van der Waals surface area contributed by atoms with E-state index < -0.39 is 5.97 Å². The smallest absolute Gasteiger partial charge is 0.343 e. The number of halogens is 1. The zero-order valence-electron chi connectivity index (χ0n) is 13.4. The molecule has 0 N–H and O–H groups in total. The van der Waals surface area contributed by atoms with Crippen molar-refractivity contribution in [1.29, 1.82) is 0 Å². The molecule has 0 spiro atoms. The van der Waals surface area contributed by atoms with E-state index >= 15 is 0 Å². The third-order valence-electron chi connectivity index (χ3n) is 4.02. The monoisotopic (exact) mass is 343 g/mol. The van der Waals surface area contributed by atoms with Crippen molar-refractivity contribution in [3.8, 4) is 5.75 Å². The number of likely N-dealkylation sites (tertiary alicyclic amines) is 1. The second-order valence-electron chi connectivity index (χ2n) is 5.94. The SMILES string of the molecule is Cc1ccc(Cl)c(OC(=O)c2ccc(CN3CCCC3=O)cc2)c1. The van der Waals surface area contributed by atoms with E-state index in [1.165, 1.54) is 0 Å². The Morgan fingerprint density at radius 2 is 1.96 bits per heavy atom. The fourth-order valence-corrected chi connectivity index (χ4v) is 2.84. The summed E-state index contributed by atoms with van der Waals surface area (Å²) in [6.07, 6.45) is 1.54. The molecular weight excluding hydrogens is 326 g/mol. The van der Waals surface area contributed by atoms with Crippen molar-refractivity contribution >= 4 is 23.5 Å². The lowest BCUT2D eigenvalue weighted by Gasteiger charge is -2.15. The topological polar surface area (TPSA) is 46.6 Å². The van der Waals surface area contributed by atoms with Crippen LogP contribution in [-0.4, -0.2) is 23.3 Å². The van der Waals surface area contributed by atoms with Gasteiger partial charge in [0, 0.05) is 19.5 Å². The molecule has 0 saturated carbocycles. The van der Waals surface area contributed by atoms with E-state index in [-0.39, 0.29) is 5.91 Å². The molecule has 124 valence electrons. The van der Waals surface area contributed by atoms with Gasteiger partial charge in [-0.25, -0.2) is 4.79 Å². The largest absolute Gasteiger partial charge is 0.421 e. The van der Waals surface area contributed by atoms with E-state index in [0.29, 0.717) is 29.3 Å². The number of rotatable bonds is 4. The molecule has 2 aromatic rings. The molecule has 3 rings (SSSR count). The Balaban J connectivity index is 1.67. The molecule has 1 heterocycles. The average Bonchev–Trinajstić information content (AvgIpc) is 2.96. The predicted octanol–water partition coefficient (Wildman–Crippen LogP) is 3.99. The molecule has 2 aromatic carbocycles. The molecule has 1 aliphatic rings.